The first-order valence-corrected chi connectivity index (χ1v) is 11.4. The van der Waals surface area contributed by atoms with E-state index in [0.29, 0.717) is 31.0 Å². The molecule has 4 aromatic rings. The molecule has 0 bridgehead atoms. The minimum atomic E-state index is -0.436. The van der Waals surface area contributed by atoms with E-state index in [-0.39, 0.29) is 23.7 Å². The van der Waals surface area contributed by atoms with Gasteiger partial charge in [0.2, 0.25) is 5.91 Å². The smallest absolute Gasteiger partial charge is 0.270 e. The van der Waals surface area contributed by atoms with Crippen LogP contribution in [-0.4, -0.2) is 43.7 Å². The summed E-state index contributed by atoms with van der Waals surface area (Å²) in [6.07, 6.45) is 5.43. The monoisotopic (exact) mass is 475 g/mol. The van der Waals surface area contributed by atoms with Crippen LogP contribution in [0, 0.1) is 5.41 Å². The molecule has 182 valence electrons. The van der Waals surface area contributed by atoms with Crippen LogP contribution in [0.5, 0.6) is 0 Å². The van der Waals surface area contributed by atoms with E-state index in [0.717, 1.165) is 11.2 Å². The maximum absolute atomic E-state index is 12.6. The Morgan fingerprint density at radius 3 is 2.57 bits per heavy atom. The molecule has 0 aromatic carbocycles. The molecule has 0 spiro atoms. The molecule has 4 aromatic heterocycles. The quantitative estimate of drug-likeness (QED) is 0.332. The van der Waals surface area contributed by atoms with E-state index in [1.165, 1.54) is 10.5 Å². The van der Waals surface area contributed by atoms with Gasteiger partial charge in [0.15, 0.2) is 0 Å². The topological polar surface area (TPSA) is 122 Å². The van der Waals surface area contributed by atoms with Crippen molar-refractivity contribution in [3.05, 3.63) is 82.3 Å². The lowest BCUT2D eigenvalue weighted by Gasteiger charge is -2.17. The Bertz CT molecular complexity index is 1430. The Hall–Kier alpha value is -4.05. The third-order valence-corrected chi connectivity index (χ3v) is 5.39. The van der Waals surface area contributed by atoms with Crippen molar-refractivity contribution in [1.82, 2.24) is 34.7 Å². The average molecular weight is 476 g/mol. The highest BCUT2D eigenvalue weighted by atomic mass is 16.2. The van der Waals surface area contributed by atoms with Crippen molar-refractivity contribution >= 4 is 23.1 Å². The number of rotatable bonds is 8. The zero-order chi connectivity index (χ0) is 25.0. The molecule has 0 aliphatic carbocycles. The number of fused-ring (bicyclic) bond motifs is 2. The van der Waals surface area contributed by atoms with Gasteiger partial charge in [-0.15, -0.1) is 0 Å². The summed E-state index contributed by atoms with van der Waals surface area (Å²) in [5.74, 6) is -0.406. The number of pyridine rings is 2. The lowest BCUT2D eigenvalue weighted by Crippen LogP contribution is -2.38. The van der Waals surface area contributed by atoms with Crippen LogP contribution >= 0.6 is 0 Å². The van der Waals surface area contributed by atoms with Crippen molar-refractivity contribution in [2.75, 3.05) is 13.1 Å². The zero-order valence-electron chi connectivity index (χ0n) is 20.0. The Morgan fingerprint density at radius 2 is 1.77 bits per heavy atom. The van der Waals surface area contributed by atoms with E-state index >= 15 is 0 Å². The number of carbonyl (C=O) groups is 2. The lowest BCUT2D eigenvalue weighted by molar-refractivity contribution is -0.128. The molecule has 4 heterocycles. The van der Waals surface area contributed by atoms with Crippen LogP contribution in [0.15, 0.2) is 59.8 Å². The third-order valence-electron chi connectivity index (χ3n) is 5.39. The second-order valence-corrected chi connectivity index (χ2v) is 9.31. The summed E-state index contributed by atoms with van der Waals surface area (Å²) in [6.45, 7) is 7.73. The molecular weight excluding hydrogens is 446 g/mol. The standard InChI is InChI=1S/C25H29N7O3/c1-25(2,3)24(35)27-10-9-26-13-17-7-8-20-29-18(16-31(20)15-17)14-28-23(34)19-12-22(33)32-11-5-4-6-21(32)30-19/h4-8,11-12,15-16,26H,9-10,13-14H2,1-3H3,(H,27,35)(H,28,34). The van der Waals surface area contributed by atoms with Gasteiger partial charge >= 0.3 is 0 Å². The first-order valence-electron chi connectivity index (χ1n) is 11.4. The summed E-state index contributed by atoms with van der Waals surface area (Å²) >= 11 is 0. The highest BCUT2D eigenvalue weighted by Gasteiger charge is 2.20. The normalized spacial score (nSPS) is 11.6. The van der Waals surface area contributed by atoms with Gasteiger partial charge in [-0.2, -0.15) is 0 Å². The number of imidazole rings is 1. The first-order chi connectivity index (χ1) is 16.7. The molecule has 0 aliphatic heterocycles. The highest BCUT2D eigenvalue weighted by Crippen LogP contribution is 2.12. The number of hydrogen-bond donors (Lipinski definition) is 3. The number of nitrogens with zero attached hydrogens (tertiary/aromatic N) is 4. The molecule has 0 aliphatic rings. The van der Waals surface area contributed by atoms with Crippen molar-refractivity contribution in [2.45, 2.75) is 33.9 Å². The van der Waals surface area contributed by atoms with Crippen molar-refractivity contribution in [3.63, 3.8) is 0 Å². The fourth-order valence-corrected chi connectivity index (χ4v) is 3.47. The van der Waals surface area contributed by atoms with Gasteiger partial charge in [-0.3, -0.25) is 18.8 Å². The van der Waals surface area contributed by atoms with Crippen LogP contribution in [0.1, 0.15) is 42.5 Å². The molecule has 4 rings (SSSR count). The van der Waals surface area contributed by atoms with Crippen LogP contribution in [0.25, 0.3) is 11.3 Å². The average Bonchev–Trinajstić information content (AvgIpc) is 3.23. The van der Waals surface area contributed by atoms with Gasteiger partial charge in [-0.25, -0.2) is 9.97 Å². The Labute approximate surface area is 202 Å². The third kappa shape index (κ3) is 5.90. The summed E-state index contributed by atoms with van der Waals surface area (Å²) in [6, 6.07) is 10.3. The van der Waals surface area contributed by atoms with Gasteiger partial charge in [0, 0.05) is 49.7 Å². The molecule has 0 atom stereocenters. The molecule has 0 saturated carbocycles. The van der Waals surface area contributed by atoms with E-state index < -0.39 is 11.3 Å². The summed E-state index contributed by atoms with van der Waals surface area (Å²) in [5.41, 5.74) is 2.28. The number of nitrogens with one attached hydrogen (secondary N) is 3. The van der Waals surface area contributed by atoms with Crippen LogP contribution in [0.3, 0.4) is 0 Å². The summed E-state index contributed by atoms with van der Waals surface area (Å²) in [4.78, 5) is 45.5. The van der Waals surface area contributed by atoms with Crippen LogP contribution in [-0.2, 0) is 17.9 Å². The highest BCUT2D eigenvalue weighted by molar-refractivity contribution is 5.92. The van der Waals surface area contributed by atoms with E-state index in [2.05, 4.69) is 25.9 Å². The maximum Gasteiger partial charge on any atom is 0.270 e. The van der Waals surface area contributed by atoms with Gasteiger partial charge in [-0.05, 0) is 23.8 Å². The first kappa shape index (κ1) is 24.1. The van der Waals surface area contributed by atoms with E-state index in [1.807, 2.05) is 49.7 Å². The number of carbonyl (C=O) groups excluding carboxylic acids is 2. The summed E-state index contributed by atoms with van der Waals surface area (Å²) in [7, 11) is 0. The Balaban J connectivity index is 1.32. The fourth-order valence-electron chi connectivity index (χ4n) is 3.47. The molecule has 0 unspecified atom stereocenters. The molecule has 0 fully saturated rings. The minimum Gasteiger partial charge on any atom is -0.354 e. The minimum absolute atomic E-state index is 0.0301. The largest absolute Gasteiger partial charge is 0.354 e. The van der Waals surface area contributed by atoms with Crippen molar-refractivity contribution in [2.24, 2.45) is 5.41 Å². The Morgan fingerprint density at radius 1 is 0.943 bits per heavy atom. The lowest BCUT2D eigenvalue weighted by atomic mass is 9.96. The molecule has 2 amide bonds. The van der Waals surface area contributed by atoms with Gasteiger partial charge in [0.1, 0.15) is 17.0 Å². The van der Waals surface area contributed by atoms with Gasteiger partial charge < -0.3 is 20.4 Å². The second-order valence-electron chi connectivity index (χ2n) is 9.31. The fraction of sp³-hybridized carbons (Fsp3) is 0.320. The predicted octanol–water partition coefficient (Wildman–Crippen LogP) is 1.52. The second kappa shape index (κ2) is 10.1. The predicted molar refractivity (Wildman–Crippen MR) is 132 cm³/mol. The van der Waals surface area contributed by atoms with Crippen LogP contribution < -0.4 is 21.5 Å². The van der Waals surface area contributed by atoms with Crippen molar-refractivity contribution < 1.29 is 9.59 Å². The number of hydrogen-bond acceptors (Lipinski definition) is 6. The molecule has 10 heteroatoms. The van der Waals surface area contributed by atoms with Gasteiger partial charge in [0.05, 0.1) is 12.2 Å². The van der Waals surface area contributed by atoms with Crippen LogP contribution in [0.2, 0.25) is 0 Å². The zero-order valence-corrected chi connectivity index (χ0v) is 20.0. The molecule has 35 heavy (non-hydrogen) atoms. The van der Waals surface area contributed by atoms with Gasteiger partial charge in [0.25, 0.3) is 11.5 Å². The number of aromatic nitrogens is 4. The van der Waals surface area contributed by atoms with E-state index in [4.69, 9.17) is 0 Å². The van der Waals surface area contributed by atoms with Crippen molar-refractivity contribution in [1.29, 1.82) is 0 Å². The van der Waals surface area contributed by atoms with E-state index in [9.17, 15) is 14.4 Å². The SMILES string of the molecule is CC(C)(C)C(=O)NCCNCc1ccc2nc(CNC(=O)c3cc(=O)n4ccccc4n3)cn2c1. The summed E-state index contributed by atoms with van der Waals surface area (Å²) in [5, 5.41) is 9.01. The molecule has 0 radical (unpaired) electrons. The maximum atomic E-state index is 12.6. The van der Waals surface area contributed by atoms with Gasteiger partial charge in [-0.1, -0.05) is 32.9 Å². The molecule has 0 saturated heterocycles. The molecular formula is C25H29N7O3. The Kier molecular flexibility index (Phi) is 6.92. The van der Waals surface area contributed by atoms with Crippen molar-refractivity contribution in [3.8, 4) is 0 Å². The summed E-state index contributed by atoms with van der Waals surface area (Å²) < 4.78 is 3.29. The van der Waals surface area contributed by atoms with E-state index in [1.54, 1.807) is 24.4 Å². The van der Waals surface area contributed by atoms with Crippen LogP contribution in [0.4, 0.5) is 0 Å². The molecule has 3 N–H and O–H groups in total. The molecule has 10 nitrogen and oxygen atoms in total. The number of amides is 2.